The fourth-order valence-electron chi connectivity index (χ4n) is 1.60. The standard InChI is InChI=1S/C12H11ClF2N2O2/c1-2-19-11(18)3-7-8(4-13)9(12(14)15)6-17-10(7)5-16/h6,12H,2-4H2,1H3. The molecule has 0 radical (unpaired) electrons. The van der Waals surface area contributed by atoms with Gasteiger partial charge in [-0.2, -0.15) is 5.26 Å². The van der Waals surface area contributed by atoms with Crippen molar-refractivity contribution in [2.45, 2.75) is 25.7 Å². The second-order valence-electron chi connectivity index (χ2n) is 3.55. The Kier molecular flexibility index (Phi) is 5.64. The Morgan fingerprint density at radius 2 is 2.26 bits per heavy atom. The van der Waals surface area contributed by atoms with Crippen LogP contribution in [0.3, 0.4) is 0 Å². The highest BCUT2D eigenvalue weighted by atomic mass is 35.5. The van der Waals surface area contributed by atoms with Gasteiger partial charge >= 0.3 is 5.97 Å². The van der Waals surface area contributed by atoms with Crippen molar-refractivity contribution in [3.05, 3.63) is 28.6 Å². The fourth-order valence-corrected chi connectivity index (χ4v) is 1.91. The van der Waals surface area contributed by atoms with Crippen LogP contribution in [0.4, 0.5) is 8.78 Å². The zero-order chi connectivity index (χ0) is 14.4. The molecular formula is C12H11ClF2N2O2. The number of hydrogen-bond donors (Lipinski definition) is 0. The molecule has 0 N–H and O–H groups in total. The highest BCUT2D eigenvalue weighted by molar-refractivity contribution is 6.17. The van der Waals surface area contributed by atoms with Gasteiger partial charge in [0.1, 0.15) is 11.8 Å². The Balaban J connectivity index is 3.28. The summed E-state index contributed by atoms with van der Waals surface area (Å²) in [6.07, 6.45) is -2.16. The third-order valence-corrected chi connectivity index (χ3v) is 2.70. The lowest BCUT2D eigenvalue weighted by Crippen LogP contribution is -2.13. The summed E-state index contributed by atoms with van der Waals surface area (Å²) in [5.74, 6) is -0.843. The van der Waals surface area contributed by atoms with Gasteiger partial charge in [0.15, 0.2) is 0 Å². The lowest BCUT2D eigenvalue weighted by molar-refractivity contribution is -0.142. The first-order valence-electron chi connectivity index (χ1n) is 5.45. The van der Waals surface area contributed by atoms with Gasteiger partial charge in [0.05, 0.1) is 13.0 Å². The Hall–Kier alpha value is -1.74. The maximum absolute atomic E-state index is 12.8. The summed E-state index contributed by atoms with van der Waals surface area (Å²) >= 11 is 5.65. The molecule has 0 saturated heterocycles. The third kappa shape index (κ3) is 3.61. The molecular weight excluding hydrogens is 278 g/mol. The van der Waals surface area contributed by atoms with Crippen LogP contribution >= 0.6 is 11.6 Å². The first-order valence-corrected chi connectivity index (χ1v) is 5.99. The zero-order valence-electron chi connectivity index (χ0n) is 10.1. The smallest absolute Gasteiger partial charge is 0.310 e. The number of carbonyl (C=O) groups excluding carboxylic acids is 1. The summed E-state index contributed by atoms with van der Waals surface area (Å²) in [5.41, 5.74) is -0.286. The van der Waals surface area contributed by atoms with E-state index in [1.54, 1.807) is 13.0 Å². The van der Waals surface area contributed by atoms with Gasteiger partial charge in [-0.05, 0) is 12.5 Å². The lowest BCUT2D eigenvalue weighted by Gasteiger charge is -2.12. The molecule has 0 bridgehead atoms. The first-order chi connectivity index (χ1) is 9.04. The molecule has 4 nitrogen and oxygen atoms in total. The van der Waals surface area contributed by atoms with E-state index >= 15 is 0 Å². The van der Waals surface area contributed by atoms with Gasteiger partial charge in [-0.1, -0.05) is 0 Å². The van der Waals surface area contributed by atoms with E-state index in [1.807, 2.05) is 0 Å². The second-order valence-corrected chi connectivity index (χ2v) is 3.81. The number of ether oxygens (including phenoxy) is 1. The van der Waals surface area contributed by atoms with Crippen LogP contribution < -0.4 is 0 Å². The van der Waals surface area contributed by atoms with Crippen molar-refractivity contribution in [1.82, 2.24) is 4.98 Å². The first kappa shape index (κ1) is 15.3. The van der Waals surface area contributed by atoms with Crippen LogP contribution in [0, 0.1) is 11.3 Å². The van der Waals surface area contributed by atoms with Gasteiger partial charge in [-0.25, -0.2) is 13.8 Å². The largest absolute Gasteiger partial charge is 0.466 e. The molecule has 0 aliphatic carbocycles. The van der Waals surface area contributed by atoms with E-state index in [9.17, 15) is 13.6 Å². The summed E-state index contributed by atoms with van der Waals surface area (Å²) in [7, 11) is 0. The number of rotatable bonds is 5. The van der Waals surface area contributed by atoms with Crippen LogP contribution in [0.5, 0.6) is 0 Å². The van der Waals surface area contributed by atoms with Crippen LogP contribution in [0.1, 0.15) is 35.7 Å². The summed E-state index contributed by atoms with van der Waals surface area (Å²) in [6.45, 7) is 1.79. The Morgan fingerprint density at radius 1 is 1.58 bits per heavy atom. The average Bonchev–Trinajstić information content (AvgIpc) is 2.38. The molecule has 0 fully saturated rings. The van der Waals surface area contributed by atoms with E-state index in [2.05, 4.69) is 4.98 Å². The fraction of sp³-hybridized carbons (Fsp3) is 0.417. The van der Waals surface area contributed by atoms with Crippen molar-refractivity contribution < 1.29 is 18.3 Å². The van der Waals surface area contributed by atoms with Gasteiger partial charge in [0.2, 0.25) is 0 Å². The molecule has 0 aromatic carbocycles. The Bertz CT molecular complexity index is 515. The monoisotopic (exact) mass is 288 g/mol. The molecule has 0 amide bonds. The van der Waals surface area contributed by atoms with E-state index in [0.29, 0.717) is 0 Å². The summed E-state index contributed by atoms with van der Waals surface area (Å²) in [4.78, 5) is 15.1. The Labute approximate surface area is 114 Å². The maximum atomic E-state index is 12.8. The minimum atomic E-state index is -2.77. The molecule has 102 valence electrons. The molecule has 7 heteroatoms. The van der Waals surface area contributed by atoms with E-state index in [0.717, 1.165) is 6.20 Å². The molecule has 1 aromatic heterocycles. The molecule has 1 heterocycles. The van der Waals surface area contributed by atoms with E-state index in [1.165, 1.54) is 0 Å². The number of pyridine rings is 1. The van der Waals surface area contributed by atoms with Gasteiger partial charge in [-0.3, -0.25) is 4.79 Å². The molecule has 1 rings (SSSR count). The van der Waals surface area contributed by atoms with E-state index in [-0.39, 0.29) is 41.3 Å². The van der Waals surface area contributed by atoms with Gasteiger partial charge in [0, 0.05) is 23.2 Å². The third-order valence-electron chi connectivity index (χ3n) is 2.43. The summed E-state index contributed by atoms with van der Waals surface area (Å²) in [5, 5.41) is 8.92. The van der Waals surface area contributed by atoms with Crippen molar-refractivity contribution in [2.24, 2.45) is 0 Å². The number of hydrogen-bond acceptors (Lipinski definition) is 4. The molecule has 0 aliphatic heterocycles. The number of esters is 1. The Morgan fingerprint density at radius 3 is 2.74 bits per heavy atom. The summed E-state index contributed by atoms with van der Waals surface area (Å²) < 4.78 is 30.4. The second kappa shape index (κ2) is 7.00. The predicted octanol–water partition coefficient (Wildman–Crippen LogP) is 2.74. The van der Waals surface area contributed by atoms with Crippen molar-refractivity contribution in [2.75, 3.05) is 6.61 Å². The van der Waals surface area contributed by atoms with Gasteiger partial charge in [-0.15, -0.1) is 11.6 Å². The normalized spacial score (nSPS) is 10.3. The number of alkyl halides is 3. The number of aromatic nitrogens is 1. The average molecular weight is 289 g/mol. The van der Waals surface area contributed by atoms with Gasteiger partial charge < -0.3 is 4.74 Å². The highest BCUT2D eigenvalue weighted by Gasteiger charge is 2.21. The van der Waals surface area contributed by atoms with E-state index < -0.39 is 12.4 Å². The topological polar surface area (TPSA) is 63.0 Å². The summed E-state index contributed by atoms with van der Waals surface area (Å²) in [6, 6.07) is 1.76. The number of nitrogens with zero attached hydrogens (tertiary/aromatic N) is 2. The lowest BCUT2D eigenvalue weighted by atomic mass is 10.00. The van der Waals surface area contributed by atoms with Crippen molar-refractivity contribution in [3.63, 3.8) is 0 Å². The minimum Gasteiger partial charge on any atom is -0.466 e. The predicted molar refractivity (Wildman–Crippen MR) is 63.8 cm³/mol. The SMILES string of the molecule is CCOC(=O)Cc1c(C#N)ncc(C(F)F)c1CCl. The van der Waals surface area contributed by atoms with Crippen LogP contribution in [0.25, 0.3) is 0 Å². The molecule has 0 spiro atoms. The molecule has 0 aliphatic rings. The molecule has 0 unspecified atom stereocenters. The van der Waals surface area contributed by atoms with Crippen LogP contribution in [0.2, 0.25) is 0 Å². The van der Waals surface area contributed by atoms with Crippen molar-refractivity contribution in [3.8, 4) is 6.07 Å². The molecule has 1 aromatic rings. The zero-order valence-corrected chi connectivity index (χ0v) is 10.9. The highest BCUT2D eigenvalue weighted by Crippen LogP contribution is 2.28. The van der Waals surface area contributed by atoms with Crippen molar-refractivity contribution in [1.29, 1.82) is 5.26 Å². The van der Waals surface area contributed by atoms with Crippen LogP contribution in [-0.2, 0) is 21.8 Å². The molecule has 0 atom stereocenters. The number of halogens is 3. The van der Waals surface area contributed by atoms with Crippen LogP contribution in [0.15, 0.2) is 6.20 Å². The van der Waals surface area contributed by atoms with Crippen molar-refractivity contribution >= 4 is 17.6 Å². The minimum absolute atomic E-state index is 0.0660. The van der Waals surface area contributed by atoms with Crippen LogP contribution in [-0.4, -0.2) is 17.6 Å². The molecule has 0 saturated carbocycles. The quantitative estimate of drug-likeness (QED) is 0.617. The maximum Gasteiger partial charge on any atom is 0.310 e. The number of nitriles is 1. The molecule has 19 heavy (non-hydrogen) atoms. The number of carbonyl (C=O) groups is 1. The van der Waals surface area contributed by atoms with Gasteiger partial charge in [0.25, 0.3) is 6.43 Å². The van der Waals surface area contributed by atoms with E-state index in [4.69, 9.17) is 21.6 Å².